The topological polar surface area (TPSA) is 75.3 Å². The van der Waals surface area contributed by atoms with Gasteiger partial charge in [0.2, 0.25) is 0 Å². The lowest BCUT2D eigenvalue weighted by molar-refractivity contribution is 0.0919. The highest BCUT2D eigenvalue weighted by Crippen LogP contribution is 2.15. The molecule has 0 fully saturated rings. The molecule has 0 heterocycles. The number of carbonyl (C=O) groups is 1. The van der Waals surface area contributed by atoms with Crippen LogP contribution in [0.2, 0.25) is 5.02 Å². The van der Waals surface area contributed by atoms with Crippen LogP contribution in [0.25, 0.3) is 6.08 Å². The molecule has 2 aromatic carbocycles. The van der Waals surface area contributed by atoms with Gasteiger partial charge in [0, 0.05) is 21.8 Å². The van der Waals surface area contributed by atoms with Crippen molar-refractivity contribution in [3.05, 3.63) is 70.1 Å². The van der Waals surface area contributed by atoms with Crippen molar-refractivity contribution >= 4 is 39.3 Å². The van der Waals surface area contributed by atoms with Gasteiger partial charge in [-0.1, -0.05) is 23.7 Å². The van der Waals surface area contributed by atoms with Gasteiger partial charge in [-0.2, -0.15) is 0 Å². The smallest absolute Gasteiger partial charge is 0.255 e. The molecule has 0 atom stereocenters. The number of anilines is 1. The molecule has 26 heavy (non-hydrogen) atoms. The van der Waals surface area contributed by atoms with E-state index in [1.807, 2.05) is 20.8 Å². The van der Waals surface area contributed by atoms with Gasteiger partial charge >= 0.3 is 0 Å². The second-order valence-electron chi connectivity index (χ2n) is 6.78. The van der Waals surface area contributed by atoms with E-state index in [9.17, 15) is 13.2 Å². The second-order valence-corrected chi connectivity index (χ2v) is 8.79. The van der Waals surface area contributed by atoms with Crippen LogP contribution in [0.1, 0.15) is 36.7 Å². The number of carbonyl (C=O) groups excluding carboxylic acids is 1. The molecule has 2 N–H and O–H groups in total. The number of benzene rings is 2. The summed E-state index contributed by atoms with van der Waals surface area (Å²) in [7, 11) is -3.67. The summed E-state index contributed by atoms with van der Waals surface area (Å²) in [4.78, 5) is 12.1. The Hall–Kier alpha value is -2.31. The van der Waals surface area contributed by atoms with E-state index in [0.29, 0.717) is 21.8 Å². The van der Waals surface area contributed by atoms with Crippen LogP contribution in [-0.2, 0) is 10.0 Å². The summed E-state index contributed by atoms with van der Waals surface area (Å²) < 4.78 is 26.7. The summed E-state index contributed by atoms with van der Waals surface area (Å²) in [6.45, 7) is 5.67. The van der Waals surface area contributed by atoms with Crippen molar-refractivity contribution in [2.75, 3.05) is 4.72 Å². The number of amides is 1. The van der Waals surface area contributed by atoms with Crippen LogP contribution in [0, 0.1) is 0 Å². The van der Waals surface area contributed by atoms with Crippen LogP contribution in [-0.4, -0.2) is 19.9 Å². The monoisotopic (exact) mass is 392 g/mol. The van der Waals surface area contributed by atoms with Crippen molar-refractivity contribution in [3.63, 3.8) is 0 Å². The fourth-order valence-corrected chi connectivity index (χ4v) is 3.04. The Morgan fingerprint density at radius 1 is 1.00 bits per heavy atom. The van der Waals surface area contributed by atoms with E-state index in [1.54, 1.807) is 48.5 Å². The van der Waals surface area contributed by atoms with Gasteiger partial charge in [0.25, 0.3) is 15.9 Å². The van der Waals surface area contributed by atoms with Gasteiger partial charge in [-0.25, -0.2) is 8.42 Å². The Kier molecular flexibility index (Phi) is 6.10. The number of nitrogens with one attached hydrogen (secondary N) is 2. The predicted molar refractivity (Wildman–Crippen MR) is 107 cm³/mol. The lowest BCUT2D eigenvalue weighted by Crippen LogP contribution is -2.40. The van der Waals surface area contributed by atoms with Crippen LogP contribution in [0.3, 0.4) is 0 Å². The van der Waals surface area contributed by atoms with Gasteiger partial charge < -0.3 is 5.32 Å². The van der Waals surface area contributed by atoms with Crippen LogP contribution < -0.4 is 10.0 Å². The highest BCUT2D eigenvalue weighted by Gasteiger charge is 2.15. The number of hydrogen-bond donors (Lipinski definition) is 2. The number of sulfonamides is 1. The minimum Gasteiger partial charge on any atom is -0.347 e. The lowest BCUT2D eigenvalue weighted by atomic mass is 10.1. The molecule has 0 bridgehead atoms. The normalized spacial score (nSPS) is 12.2. The second kappa shape index (κ2) is 7.93. The Bertz CT molecular complexity index is 897. The van der Waals surface area contributed by atoms with E-state index >= 15 is 0 Å². The van der Waals surface area contributed by atoms with Crippen molar-refractivity contribution < 1.29 is 13.2 Å². The predicted octanol–water partition coefficient (Wildman–Crippen LogP) is 4.28. The Balaban J connectivity index is 2.05. The van der Waals surface area contributed by atoms with E-state index in [4.69, 9.17) is 11.6 Å². The molecule has 0 saturated carbocycles. The summed E-state index contributed by atoms with van der Waals surface area (Å²) in [5.41, 5.74) is 1.20. The number of rotatable bonds is 5. The van der Waals surface area contributed by atoms with Gasteiger partial charge in [0.05, 0.1) is 5.41 Å². The van der Waals surface area contributed by atoms with E-state index in [-0.39, 0.29) is 11.4 Å². The van der Waals surface area contributed by atoms with Gasteiger partial charge in [-0.05, 0) is 68.8 Å². The van der Waals surface area contributed by atoms with Crippen LogP contribution in [0.4, 0.5) is 5.69 Å². The molecular weight excluding hydrogens is 372 g/mol. The molecule has 0 aliphatic heterocycles. The van der Waals surface area contributed by atoms with Gasteiger partial charge in [0.1, 0.15) is 0 Å². The SMILES string of the molecule is CC(C)(C)NC(=O)c1ccc(NS(=O)(=O)/C=C/c2ccc(Cl)cc2)cc1. The summed E-state index contributed by atoms with van der Waals surface area (Å²) in [5.74, 6) is -0.213. The van der Waals surface area contributed by atoms with Gasteiger partial charge in [0.15, 0.2) is 0 Å². The molecule has 0 aliphatic rings. The van der Waals surface area contributed by atoms with Crippen molar-refractivity contribution in [2.24, 2.45) is 0 Å². The highest BCUT2D eigenvalue weighted by molar-refractivity contribution is 7.95. The largest absolute Gasteiger partial charge is 0.347 e. The molecule has 0 radical (unpaired) electrons. The summed E-state index contributed by atoms with van der Waals surface area (Å²) >= 11 is 5.80. The first-order valence-electron chi connectivity index (χ1n) is 7.93. The molecule has 138 valence electrons. The van der Waals surface area contributed by atoms with Crippen LogP contribution in [0.15, 0.2) is 53.9 Å². The Morgan fingerprint density at radius 2 is 1.58 bits per heavy atom. The lowest BCUT2D eigenvalue weighted by Gasteiger charge is -2.20. The van der Waals surface area contributed by atoms with Crippen molar-refractivity contribution in [1.29, 1.82) is 0 Å². The third-order valence-electron chi connectivity index (χ3n) is 3.21. The number of hydrogen-bond acceptors (Lipinski definition) is 3. The van der Waals surface area contributed by atoms with Crippen molar-refractivity contribution in [1.82, 2.24) is 5.32 Å². The van der Waals surface area contributed by atoms with Crippen molar-refractivity contribution in [2.45, 2.75) is 26.3 Å². The molecule has 1 amide bonds. The highest BCUT2D eigenvalue weighted by atomic mass is 35.5. The van der Waals surface area contributed by atoms with Crippen LogP contribution >= 0.6 is 11.6 Å². The van der Waals surface area contributed by atoms with Crippen molar-refractivity contribution in [3.8, 4) is 0 Å². The fraction of sp³-hybridized carbons (Fsp3) is 0.211. The standard InChI is InChI=1S/C19H21ClN2O3S/c1-19(2,3)21-18(23)15-6-10-17(11-7-15)22-26(24,25)13-12-14-4-8-16(20)9-5-14/h4-13,22H,1-3H3,(H,21,23)/b13-12+. The first kappa shape index (κ1) is 20.0. The quantitative estimate of drug-likeness (QED) is 0.797. The molecule has 2 aromatic rings. The zero-order valence-electron chi connectivity index (χ0n) is 14.8. The minimum atomic E-state index is -3.67. The molecule has 0 spiro atoms. The Morgan fingerprint density at radius 3 is 2.12 bits per heavy atom. The third-order valence-corrected chi connectivity index (χ3v) is 4.47. The number of halogens is 1. The zero-order chi connectivity index (χ0) is 19.4. The average Bonchev–Trinajstić information content (AvgIpc) is 2.53. The van der Waals surface area contributed by atoms with E-state index in [1.165, 1.54) is 6.08 Å². The summed E-state index contributed by atoms with van der Waals surface area (Å²) in [6.07, 6.45) is 1.48. The van der Waals surface area contributed by atoms with Crippen LogP contribution in [0.5, 0.6) is 0 Å². The maximum absolute atomic E-state index is 12.1. The van der Waals surface area contributed by atoms with Gasteiger partial charge in [-0.15, -0.1) is 0 Å². The maximum atomic E-state index is 12.1. The first-order chi connectivity index (χ1) is 12.0. The molecule has 7 heteroatoms. The third kappa shape index (κ3) is 6.54. The molecule has 0 saturated heterocycles. The molecule has 0 aromatic heterocycles. The molecular formula is C19H21ClN2O3S. The fourth-order valence-electron chi connectivity index (χ4n) is 2.04. The molecule has 2 rings (SSSR count). The maximum Gasteiger partial charge on any atom is 0.255 e. The van der Waals surface area contributed by atoms with E-state index in [2.05, 4.69) is 10.0 Å². The first-order valence-corrected chi connectivity index (χ1v) is 9.86. The van der Waals surface area contributed by atoms with E-state index < -0.39 is 10.0 Å². The van der Waals surface area contributed by atoms with Gasteiger partial charge in [-0.3, -0.25) is 9.52 Å². The minimum absolute atomic E-state index is 0.213. The molecule has 0 unspecified atom stereocenters. The molecule has 5 nitrogen and oxygen atoms in total. The summed E-state index contributed by atoms with van der Waals surface area (Å²) in [6, 6.07) is 13.0. The average molecular weight is 393 g/mol. The summed E-state index contributed by atoms with van der Waals surface area (Å²) in [5, 5.41) is 4.51. The Labute approximate surface area is 159 Å². The van der Waals surface area contributed by atoms with E-state index in [0.717, 1.165) is 5.41 Å². The zero-order valence-corrected chi connectivity index (χ0v) is 16.4. The molecule has 0 aliphatic carbocycles.